The molecular formula is C13H20O2. The largest absolute Gasteiger partial charge is 0.496 e. The first-order valence-corrected chi connectivity index (χ1v) is 5.40. The van der Waals surface area contributed by atoms with Crippen molar-refractivity contribution in [1.29, 1.82) is 0 Å². The highest BCUT2D eigenvalue weighted by molar-refractivity contribution is 5.36. The zero-order chi connectivity index (χ0) is 11.1. The van der Waals surface area contributed by atoms with Gasteiger partial charge in [-0.05, 0) is 37.8 Å². The van der Waals surface area contributed by atoms with Gasteiger partial charge >= 0.3 is 0 Å². The van der Waals surface area contributed by atoms with Crippen LogP contribution in [0.15, 0.2) is 18.2 Å². The fourth-order valence-electron chi connectivity index (χ4n) is 1.66. The van der Waals surface area contributed by atoms with Gasteiger partial charge in [-0.15, -0.1) is 0 Å². The van der Waals surface area contributed by atoms with E-state index in [9.17, 15) is 0 Å². The standard InChI is InChI=1S/C13H20O2/c1-11-7-8-13(15-3)12(10-11)6-4-5-9-14-2/h7-8,10H,4-6,9H2,1-3H3. The molecule has 2 nitrogen and oxygen atoms in total. The van der Waals surface area contributed by atoms with E-state index in [0.717, 1.165) is 31.6 Å². The molecule has 0 unspecified atom stereocenters. The van der Waals surface area contributed by atoms with Crippen LogP contribution in [0.1, 0.15) is 24.0 Å². The monoisotopic (exact) mass is 208 g/mol. The molecule has 0 aliphatic rings. The van der Waals surface area contributed by atoms with E-state index in [1.165, 1.54) is 11.1 Å². The van der Waals surface area contributed by atoms with Gasteiger partial charge in [-0.25, -0.2) is 0 Å². The molecule has 0 fully saturated rings. The average molecular weight is 208 g/mol. The molecule has 1 rings (SSSR count). The number of ether oxygens (including phenoxy) is 2. The topological polar surface area (TPSA) is 18.5 Å². The Morgan fingerprint density at radius 1 is 1.13 bits per heavy atom. The van der Waals surface area contributed by atoms with Crippen LogP contribution in [-0.4, -0.2) is 20.8 Å². The summed E-state index contributed by atoms with van der Waals surface area (Å²) in [5.41, 5.74) is 2.59. The van der Waals surface area contributed by atoms with Gasteiger partial charge in [0.2, 0.25) is 0 Å². The Balaban J connectivity index is 2.54. The van der Waals surface area contributed by atoms with Crippen LogP contribution < -0.4 is 4.74 Å². The van der Waals surface area contributed by atoms with Crippen molar-refractivity contribution in [3.05, 3.63) is 29.3 Å². The predicted octanol–water partition coefficient (Wildman–Crippen LogP) is 2.97. The van der Waals surface area contributed by atoms with Gasteiger partial charge in [0.15, 0.2) is 0 Å². The molecule has 1 aromatic rings. The van der Waals surface area contributed by atoms with Crippen LogP contribution in [-0.2, 0) is 11.2 Å². The first-order chi connectivity index (χ1) is 7.27. The summed E-state index contributed by atoms with van der Waals surface area (Å²) in [6.45, 7) is 2.95. The number of rotatable bonds is 6. The fourth-order valence-corrected chi connectivity index (χ4v) is 1.66. The third-order valence-electron chi connectivity index (χ3n) is 2.48. The first-order valence-electron chi connectivity index (χ1n) is 5.40. The number of methoxy groups -OCH3 is 2. The molecule has 0 radical (unpaired) electrons. The second kappa shape index (κ2) is 6.46. The molecule has 0 saturated carbocycles. The fraction of sp³-hybridized carbons (Fsp3) is 0.538. The van der Waals surface area contributed by atoms with Gasteiger partial charge in [0.25, 0.3) is 0 Å². The van der Waals surface area contributed by atoms with Crippen molar-refractivity contribution in [2.75, 3.05) is 20.8 Å². The summed E-state index contributed by atoms with van der Waals surface area (Å²) >= 11 is 0. The van der Waals surface area contributed by atoms with E-state index < -0.39 is 0 Å². The molecule has 0 aliphatic carbocycles. The lowest BCUT2D eigenvalue weighted by Crippen LogP contribution is -1.95. The van der Waals surface area contributed by atoms with Gasteiger partial charge in [0.05, 0.1) is 7.11 Å². The zero-order valence-corrected chi connectivity index (χ0v) is 9.88. The summed E-state index contributed by atoms with van der Waals surface area (Å²) in [5.74, 6) is 0.998. The van der Waals surface area contributed by atoms with Crippen LogP contribution in [0.25, 0.3) is 0 Å². The van der Waals surface area contributed by atoms with Crippen LogP contribution in [0.4, 0.5) is 0 Å². The summed E-state index contributed by atoms with van der Waals surface area (Å²) in [6.07, 6.45) is 3.31. The molecule has 0 aliphatic heterocycles. The number of hydrogen-bond acceptors (Lipinski definition) is 2. The number of unbranched alkanes of at least 4 members (excludes halogenated alkanes) is 1. The van der Waals surface area contributed by atoms with E-state index in [1.54, 1.807) is 14.2 Å². The molecule has 0 amide bonds. The normalized spacial score (nSPS) is 10.3. The van der Waals surface area contributed by atoms with Crippen molar-refractivity contribution in [2.45, 2.75) is 26.2 Å². The third-order valence-corrected chi connectivity index (χ3v) is 2.48. The van der Waals surface area contributed by atoms with E-state index in [-0.39, 0.29) is 0 Å². The molecule has 84 valence electrons. The molecular weight excluding hydrogens is 188 g/mol. The molecule has 0 N–H and O–H groups in total. The average Bonchev–Trinajstić information content (AvgIpc) is 2.25. The summed E-state index contributed by atoms with van der Waals surface area (Å²) in [7, 11) is 3.47. The van der Waals surface area contributed by atoms with Crippen molar-refractivity contribution in [3.63, 3.8) is 0 Å². The highest BCUT2D eigenvalue weighted by Gasteiger charge is 2.02. The Hall–Kier alpha value is -1.02. The minimum Gasteiger partial charge on any atom is -0.496 e. The second-order valence-corrected chi connectivity index (χ2v) is 3.77. The maximum atomic E-state index is 5.33. The Morgan fingerprint density at radius 3 is 2.60 bits per heavy atom. The molecule has 2 heteroatoms. The molecule has 0 atom stereocenters. The van der Waals surface area contributed by atoms with Crippen molar-refractivity contribution in [3.8, 4) is 5.75 Å². The molecule has 0 aromatic heterocycles. The number of benzene rings is 1. The maximum Gasteiger partial charge on any atom is 0.122 e. The molecule has 0 bridgehead atoms. The van der Waals surface area contributed by atoms with Crippen molar-refractivity contribution in [2.24, 2.45) is 0 Å². The van der Waals surface area contributed by atoms with Crippen molar-refractivity contribution < 1.29 is 9.47 Å². The minimum absolute atomic E-state index is 0.841. The molecule has 15 heavy (non-hydrogen) atoms. The summed E-state index contributed by atoms with van der Waals surface area (Å²) in [4.78, 5) is 0. The SMILES string of the molecule is COCCCCc1cc(C)ccc1OC. The third kappa shape index (κ3) is 3.92. The summed E-state index contributed by atoms with van der Waals surface area (Å²) in [5, 5.41) is 0. The second-order valence-electron chi connectivity index (χ2n) is 3.77. The van der Waals surface area contributed by atoms with Crippen molar-refractivity contribution in [1.82, 2.24) is 0 Å². The molecule has 1 aromatic carbocycles. The molecule has 0 spiro atoms. The van der Waals surface area contributed by atoms with Gasteiger partial charge in [-0.1, -0.05) is 17.7 Å². The van der Waals surface area contributed by atoms with Gasteiger partial charge in [0.1, 0.15) is 5.75 Å². The van der Waals surface area contributed by atoms with Crippen LogP contribution in [0, 0.1) is 6.92 Å². The van der Waals surface area contributed by atoms with Gasteiger partial charge in [-0.2, -0.15) is 0 Å². The Bertz CT molecular complexity index is 295. The Kier molecular flexibility index (Phi) is 5.19. The lowest BCUT2D eigenvalue weighted by molar-refractivity contribution is 0.193. The van der Waals surface area contributed by atoms with Gasteiger partial charge < -0.3 is 9.47 Å². The van der Waals surface area contributed by atoms with Crippen LogP contribution in [0.5, 0.6) is 5.75 Å². The van der Waals surface area contributed by atoms with E-state index >= 15 is 0 Å². The Labute approximate surface area is 92.2 Å². The van der Waals surface area contributed by atoms with E-state index in [1.807, 2.05) is 6.07 Å². The zero-order valence-electron chi connectivity index (χ0n) is 9.88. The lowest BCUT2D eigenvalue weighted by Gasteiger charge is -2.09. The maximum absolute atomic E-state index is 5.33. The summed E-state index contributed by atoms with van der Waals surface area (Å²) in [6, 6.07) is 6.32. The summed E-state index contributed by atoms with van der Waals surface area (Å²) < 4.78 is 10.4. The lowest BCUT2D eigenvalue weighted by atomic mass is 10.0. The Morgan fingerprint density at radius 2 is 1.93 bits per heavy atom. The highest BCUT2D eigenvalue weighted by Crippen LogP contribution is 2.21. The van der Waals surface area contributed by atoms with Crippen molar-refractivity contribution >= 4 is 0 Å². The van der Waals surface area contributed by atoms with Crippen LogP contribution >= 0.6 is 0 Å². The molecule has 0 heterocycles. The number of hydrogen-bond donors (Lipinski definition) is 0. The quantitative estimate of drug-likeness (QED) is 0.669. The smallest absolute Gasteiger partial charge is 0.122 e. The van der Waals surface area contributed by atoms with Gasteiger partial charge in [-0.3, -0.25) is 0 Å². The number of aryl methyl sites for hydroxylation is 2. The highest BCUT2D eigenvalue weighted by atomic mass is 16.5. The van der Waals surface area contributed by atoms with Crippen LogP contribution in [0.2, 0.25) is 0 Å². The van der Waals surface area contributed by atoms with E-state index in [2.05, 4.69) is 19.1 Å². The van der Waals surface area contributed by atoms with Crippen LogP contribution in [0.3, 0.4) is 0 Å². The van der Waals surface area contributed by atoms with E-state index in [4.69, 9.17) is 9.47 Å². The predicted molar refractivity (Wildman–Crippen MR) is 62.5 cm³/mol. The first kappa shape index (κ1) is 12.1. The van der Waals surface area contributed by atoms with E-state index in [0.29, 0.717) is 0 Å². The minimum atomic E-state index is 0.841. The van der Waals surface area contributed by atoms with Gasteiger partial charge in [0, 0.05) is 13.7 Å². The molecule has 0 saturated heterocycles.